The van der Waals surface area contributed by atoms with Gasteiger partial charge in [0, 0.05) is 21.9 Å². The summed E-state index contributed by atoms with van der Waals surface area (Å²) in [5.41, 5.74) is 26.2. The van der Waals surface area contributed by atoms with Crippen LogP contribution >= 0.6 is 0 Å². The van der Waals surface area contributed by atoms with E-state index in [4.69, 9.17) is 0 Å². The predicted molar refractivity (Wildman–Crippen MR) is 599 cm³/mol. The number of nitrogens with zero attached hydrogens (tertiary/aromatic N) is 1. The molecule has 0 N–H and O–H groups in total. The first kappa shape index (κ1) is 121. The van der Waals surface area contributed by atoms with Crippen molar-refractivity contribution in [3.63, 3.8) is 0 Å². The quantitative estimate of drug-likeness (QED) is 0.154. The molecule has 0 saturated carbocycles. The van der Waals surface area contributed by atoms with Crippen molar-refractivity contribution in [3.05, 3.63) is 486 Å². The minimum Gasteiger partial charge on any atom is -0.309 e. The molecule has 0 atom stereocenters. The van der Waals surface area contributed by atoms with Crippen LogP contribution in [0.5, 0.6) is 0 Å². The number of hydrogen-bond donors (Lipinski definition) is 0. The summed E-state index contributed by atoms with van der Waals surface area (Å²) in [6.07, 6.45) is 2.60. The average Bonchev–Trinajstić information content (AvgIpc) is 1.51. The lowest BCUT2D eigenvalue weighted by molar-refractivity contribution is 0.660. The third-order valence-electron chi connectivity index (χ3n) is 19.6. The van der Waals surface area contributed by atoms with Gasteiger partial charge >= 0.3 is 0 Å². The summed E-state index contributed by atoms with van der Waals surface area (Å²) >= 11 is 0. The van der Waals surface area contributed by atoms with Crippen LogP contribution in [0.15, 0.2) is 431 Å². The van der Waals surface area contributed by atoms with Crippen molar-refractivity contribution in [1.29, 1.82) is 0 Å². The maximum Gasteiger partial charge on any atom is 0.0725 e. The van der Waals surface area contributed by atoms with E-state index in [-0.39, 0.29) is 10.8 Å². The van der Waals surface area contributed by atoms with E-state index in [0.717, 1.165) is 0 Å². The summed E-state index contributed by atoms with van der Waals surface area (Å²) < 4.78 is 2.34. The van der Waals surface area contributed by atoms with Crippen LogP contribution < -0.4 is 0 Å². The van der Waals surface area contributed by atoms with Crippen molar-refractivity contribution >= 4 is 32.6 Å². The first-order valence-electron chi connectivity index (χ1n) is 50.0. The molecule has 0 fully saturated rings. The van der Waals surface area contributed by atoms with Gasteiger partial charge in [-0.2, -0.15) is 0 Å². The first-order chi connectivity index (χ1) is 64.8. The van der Waals surface area contributed by atoms with Crippen LogP contribution in [0, 0.1) is 13.8 Å². The van der Waals surface area contributed by atoms with E-state index < -0.39 is 0 Å². The van der Waals surface area contributed by atoms with Gasteiger partial charge in [0.2, 0.25) is 0 Å². The molecule has 1 heteroatoms. The van der Waals surface area contributed by atoms with Gasteiger partial charge in [-0.25, -0.2) is 0 Å². The van der Waals surface area contributed by atoms with Crippen molar-refractivity contribution < 1.29 is 0 Å². The van der Waals surface area contributed by atoms with Crippen molar-refractivity contribution in [1.82, 2.24) is 4.57 Å². The fourth-order valence-electron chi connectivity index (χ4n) is 14.6. The molecule has 1 aromatic heterocycles. The smallest absolute Gasteiger partial charge is 0.0725 e. The summed E-state index contributed by atoms with van der Waals surface area (Å²) in [6.45, 7) is 64.8. The van der Waals surface area contributed by atoms with Gasteiger partial charge in [-0.3, -0.25) is 0 Å². The van der Waals surface area contributed by atoms with Crippen molar-refractivity contribution in [3.8, 4) is 39.1 Å². The molecule has 1 nitrogen and oxygen atoms in total. The highest BCUT2D eigenvalue weighted by molar-refractivity contribution is 6.09. The van der Waals surface area contributed by atoms with Crippen LogP contribution in [-0.4, -0.2) is 4.57 Å². The lowest BCUT2D eigenvalue weighted by atomic mass is 9.70. The van der Waals surface area contributed by atoms with Gasteiger partial charge in [0.05, 0.1) is 16.4 Å². The molecule has 0 saturated heterocycles. The maximum absolute atomic E-state index is 2.34. The lowest BCUT2D eigenvalue weighted by Crippen LogP contribution is -2.25. The van der Waals surface area contributed by atoms with Crippen LogP contribution in [0.2, 0.25) is 0 Å². The Morgan fingerprint density at radius 1 is 0.176 bits per heavy atom. The number of benzene rings is 16. The third kappa shape index (κ3) is 35.8. The largest absolute Gasteiger partial charge is 0.309 e. The topological polar surface area (TPSA) is 4.93 Å². The van der Waals surface area contributed by atoms with E-state index in [1.54, 1.807) is 11.1 Å². The van der Waals surface area contributed by atoms with Gasteiger partial charge in [0.1, 0.15) is 0 Å². The van der Waals surface area contributed by atoms with E-state index in [2.05, 4.69) is 336 Å². The molecule has 131 heavy (non-hydrogen) atoms. The number of rotatable bonds is 1. The first-order valence-corrected chi connectivity index (χ1v) is 50.0. The molecular weight excluding hydrogens is 1580 g/mol. The molecule has 16 aromatic carbocycles. The van der Waals surface area contributed by atoms with Gasteiger partial charge in [0.15, 0.2) is 0 Å². The Bertz CT molecular complexity index is 4960. The second-order valence-electron chi connectivity index (χ2n) is 26.6. The zero-order valence-electron chi connectivity index (χ0n) is 87.4. The summed E-state index contributed by atoms with van der Waals surface area (Å²) in [5.74, 6) is 0. The molecule has 0 unspecified atom stereocenters. The fraction of sp³-hybridized carbons (Fsp3) is 0.277. The summed E-state index contributed by atoms with van der Waals surface area (Å²) in [6, 6.07) is 151. The number of fused-ring (bicyclic) bond motifs is 18. The van der Waals surface area contributed by atoms with Crippen LogP contribution in [0.25, 0.3) is 71.6 Å². The Labute approximate surface area is 802 Å². The Hall–Kier alpha value is -12.4. The Kier molecular flexibility index (Phi) is 70.4. The monoisotopic (exact) mass is 1750 g/mol. The molecule has 0 radical (unpaired) electrons. The zero-order chi connectivity index (χ0) is 98.5. The summed E-state index contributed by atoms with van der Waals surface area (Å²) in [7, 11) is 0. The molecular formula is C130H171N. The van der Waals surface area contributed by atoms with Gasteiger partial charge in [-0.1, -0.05) is 625 Å². The highest BCUT2D eigenvalue weighted by atomic mass is 15.0. The van der Waals surface area contributed by atoms with Crippen molar-refractivity contribution in [2.45, 2.75) is 245 Å². The zero-order valence-corrected chi connectivity index (χ0v) is 87.4. The van der Waals surface area contributed by atoms with Gasteiger partial charge in [-0.15, -0.1) is 0 Å². The normalized spacial score (nSPS) is 10.2. The molecule has 0 bridgehead atoms. The molecule has 696 valence electrons. The number of aryl methyl sites for hydroxylation is 4. The van der Waals surface area contributed by atoms with Crippen LogP contribution in [0.3, 0.4) is 0 Å². The molecule has 17 aromatic rings. The van der Waals surface area contributed by atoms with Crippen molar-refractivity contribution in [2.24, 2.45) is 0 Å². The molecule has 21 rings (SSSR count). The maximum atomic E-state index is 2.34. The number of para-hydroxylation sites is 2. The second kappa shape index (κ2) is 76.4. The van der Waals surface area contributed by atoms with E-state index in [1.807, 2.05) is 321 Å². The summed E-state index contributed by atoms with van der Waals surface area (Å²) in [4.78, 5) is 0. The van der Waals surface area contributed by atoms with Gasteiger partial charge < -0.3 is 4.57 Å². The average molecular weight is 1750 g/mol. The van der Waals surface area contributed by atoms with Crippen molar-refractivity contribution in [2.75, 3.05) is 0 Å². The predicted octanol–water partition coefficient (Wildman–Crippen LogP) is 41.2. The minimum absolute atomic E-state index is 0.160. The highest BCUT2D eigenvalue weighted by Crippen LogP contribution is 2.62. The molecule has 0 amide bonds. The van der Waals surface area contributed by atoms with Gasteiger partial charge in [0.25, 0.3) is 0 Å². The minimum atomic E-state index is -0.180. The highest BCUT2D eigenvalue weighted by Gasteiger charge is 2.51. The third-order valence-corrected chi connectivity index (χ3v) is 19.6. The van der Waals surface area contributed by atoms with Crippen LogP contribution in [0.1, 0.15) is 263 Å². The SMILES string of the molecule is CC.CC.CC.CC.CC.CC.CC.CC.CC.CC.CC.CC.CC.CC.CC1(C)c2ccccc2-c2ccccc21.Cc1ccc(-n2c3ccccc3c3ccccc32)cc1.Cc1ccccc1.c1ccc2c(c1)-c1ccccc1C21c2ccccc2-c2ccccc21.c1ccc2c(c1)CC2.c1ccc2ccccc2c1.c1ccccc1.c1ccccc1.c1ccccc1. The number of aromatic nitrogens is 1. The van der Waals surface area contributed by atoms with E-state index in [1.165, 1.54) is 129 Å². The Morgan fingerprint density at radius 2 is 0.359 bits per heavy atom. The molecule has 0 aliphatic heterocycles. The number of hydrogen-bond acceptors (Lipinski definition) is 0. The fourth-order valence-corrected chi connectivity index (χ4v) is 14.6. The molecule has 4 aliphatic rings. The van der Waals surface area contributed by atoms with Crippen LogP contribution in [-0.2, 0) is 23.7 Å². The second-order valence-corrected chi connectivity index (χ2v) is 26.6. The molecule has 1 spiro atoms. The van der Waals surface area contributed by atoms with E-state index in [0.29, 0.717) is 0 Å². The van der Waals surface area contributed by atoms with E-state index >= 15 is 0 Å². The Morgan fingerprint density at radius 3 is 0.588 bits per heavy atom. The molecule has 4 aliphatic carbocycles. The summed E-state index contributed by atoms with van der Waals surface area (Å²) in [5, 5.41) is 5.24. The lowest BCUT2D eigenvalue weighted by Gasteiger charge is -2.30. The van der Waals surface area contributed by atoms with E-state index in [9.17, 15) is 0 Å². The Balaban J connectivity index is 0. The van der Waals surface area contributed by atoms with Gasteiger partial charge in [-0.05, 0) is 140 Å². The molecule has 1 heterocycles. The van der Waals surface area contributed by atoms with Crippen LogP contribution in [0.4, 0.5) is 0 Å². The standard InChI is InChI=1S/C25H16.C19H15N.C15H14.C10H8.C8H8.C7H8.3C6H6.14C2H6/c1-5-13-21-17(9-1)18-10-2-6-14-22(18)25(21)23-15-7-3-11-19(23)20-12-4-8-16-24(20)25;1-14-10-12-15(13-11-14)20-18-8-4-2-6-16(18)17-7-3-5-9-19(17)20;1-15(2)13-9-5-3-7-11(13)12-8-4-6-10-14(12)15;1-2-6-10-8-4-3-7-9(10)5-1;1-2-4-8-6-5-7(8)3-1;1-7-5-3-2-4-6-7;3*1-2-4-6-5-3-1;14*1-2/h1-16H;2-13H,1H3;3-10H,1-2H3;1-8H;1-4H,5-6H2;2-6H,1H3;3*1-6H;14*1-2H3.